The summed E-state index contributed by atoms with van der Waals surface area (Å²) < 4.78 is 14.6. The van der Waals surface area contributed by atoms with E-state index >= 15 is 0 Å². The number of aromatic nitrogens is 3. The van der Waals surface area contributed by atoms with Gasteiger partial charge in [0.1, 0.15) is 0 Å². The van der Waals surface area contributed by atoms with Crippen molar-refractivity contribution in [3.05, 3.63) is 61.8 Å². The molecule has 0 spiro atoms. The van der Waals surface area contributed by atoms with Crippen LogP contribution in [0.15, 0.2) is 36.4 Å². The molecular weight excluding hydrogens is 598 g/mol. The second-order valence-corrected chi connectivity index (χ2v) is 10.2. The third-order valence-electron chi connectivity index (χ3n) is 6.03. The van der Waals surface area contributed by atoms with Crippen molar-refractivity contribution in [3.8, 4) is 17.6 Å². The van der Waals surface area contributed by atoms with E-state index in [1.165, 1.54) is 64.2 Å². The van der Waals surface area contributed by atoms with Crippen LogP contribution < -0.4 is 36.3 Å². The molecule has 16 nitrogen and oxygen atoms in total. The van der Waals surface area contributed by atoms with E-state index in [1.54, 1.807) is 19.2 Å². The number of nitrogen functional groups attached to an aromatic ring is 1. The second-order valence-electron chi connectivity index (χ2n) is 9.87. The third-order valence-corrected chi connectivity index (χ3v) is 6.31. The normalized spacial score (nSPS) is 14.6. The van der Waals surface area contributed by atoms with Crippen LogP contribution in [0.3, 0.4) is 0 Å². The highest BCUT2D eigenvalue weighted by Gasteiger charge is 2.26. The fraction of sp³-hybridized carbons (Fsp3) is 0.444. The molecule has 3 heterocycles. The third kappa shape index (κ3) is 11.5. The first-order valence-corrected chi connectivity index (χ1v) is 14.1. The lowest BCUT2D eigenvalue weighted by Gasteiger charge is -2.08. The topological polar surface area (TPSA) is 229 Å². The maximum Gasteiger partial charge on any atom is 0.311 e. The lowest BCUT2D eigenvalue weighted by molar-refractivity contribution is -0.385. The van der Waals surface area contributed by atoms with Gasteiger partial charge in [-0.05, 0) is 44.6 Å². The number of nitrogens with zero attached hydrogens (tertiary/aromatic N) is 5. The van der Waals surface area contributed by atoms with Crippen LogP contribution in [0, 0.1) is 20.2 Å². The van der Waals surface area contributed by atoms with Gasteiger partial charge >= 0.3 is 11.4 Å². The summed E-state index contributed by atoms with van der Waals surface area (Å²) in [5.41, 5.74) is 11.4. The molecule has 0 bridgehead atoms. The van der Waals surface area contributed by atoms with E-state index in [4.69, 9.17) is 37.3 Å². The van der Waals surface area contributed by atoms with Crippen molar-refractivity contribution in [2.24, 2.45) is 5.73 Å². The molecule has 3 aromatic rings. The standard InChI is InChI=1S/C9H11N3O3.C9H13N3O.C6H5ClN2O3.C3H7N/c1-15-8-5-4-7(12(13)14)9(11-8)10-6-2-3-6;1-13-8-5-4-7(10)9(12-8)11-6-2-3-6;1-12-5-3-2-4(9(10)11)6(7)8-5;4-3-1-2-3/h4-6H,2-3H2,1H3,(H,10,11);4-6H,2-3,10H2,1H3,(H,11,12);2-3H,1H3;3H,1-2,4H2. The quantitative estimate of drug-likeness (QED) is 0.144. The van der Waals surface area contributed by atoms with E-state index in [2.05, 4.69) is 25.6 Å². The highest BCUT2D eigenvalue weighted by molar-refractivity contribution is 6.31. The molecule has 3 aliphatic carbocycles. The minimum Gasteiger partial charge on any atom is -0.481 e. The van der Waals surface area contributed by atoms with Gasteiger partial charge in [-0.2, -0.15) is 15.0 Å². The molecule has 44 heavy (non-hydrogen) atoms. The Morgan fingerprint density at radius 3 is 1.55 bits per heavy atom. The number of pyridine rings is 3. The van der Waals surface area contributed by atoms with E-state index in [1.807, 2.05) is 0 Å². The van der Waals surface area contributed by atoms with Crippen molar-refractivity contribution in [3.63, 3.8) is 0 Å². The van der Waals surface area contributed by atoms with Gasteiger partial charge in [0.05, 0.1) is 36.9 Å². The van der Waals surface area contributed by atoms with Crippen LogP contribution in [0.2, 0.25) is 5.15 Å². The van der Waals surface area contributed by atoms with Crippen LogP contribution >= 0.6 is 11.6 Å². The van der Waals surface area contributed by atoms with Crippen LogP contribution in [0.1, 0.15) is 38.5 Å². The van der Waals surface area contributed by atoms with Crippen molar-refractivity contribution in [1.82, 2.24) is 15.0 Å². The maximum atomic E-state index is 10.7. The van der Waals surface area contributed by atoms with Gasteiger partial charge in [-0.15, -0.1) is 0 Å². The summed E-state index contributed by atoms with van der Waals surface area (Å²) in [7, 11) is 4.49. The lowest BCUT2D eigenvalue weighted by atomic mass is 10.4. The van der Waals surface area contributed by atoms with E-state index < -0.39 is 9.85 Å². The zero-order valence-electron chi connectivity index (χ0n) is 24.6. The molecule has 3 aromatic heterocycles. The van der Waals surface area contributed by atoms with Crippen LogP contribution in [-0.2, 0) is 0 Å². The molecule has 3 saturated carbocycles. The minimum absolute atomic E-state index is 0.0114. The number of nitro groups is 2. The van der Waals surface area contributed by atoms with Gasteiger partial charge in [0.25, 0.3) is 0 Å². The van der Waals surface area contributed by atoms with Gasteiger partial charge in [-0.25, -0.2) is 0 Å². The summed E-state index contributed by atoms with van der Waals surface area (Å²) in [6.07, 6.45) is 7.02. The molecule has 3 fully saturated rings. The first-order chi connectivity index (χ1) is 21.0. The Bertz CT molecular complexity index is 1420. The summed E-state index contributed by atoms with van der Waals surface area (Å²) in [5.74, 6) is 2.26. The molecule has 17 heteroatoms. The molecular formula is C27H36ClN9O7. The monoisotopic (exact) mass is 633 g/mol. The Hall–Kier alpha value is -4.70. The van der Waals surface area contributed by atoms with Gasteiger partial charge in [0.15, 0.2) is 5.82 Å². The Balaban J connectivity index is 0.000000170. The predicted molar refractivity (Wildman–Crippen MR) is 166 cm³/mol. The Labute approximate surface area is 258 Å². The highest BCUT2D eigenvalue weighted by atomic mass is 35.5. The van der Waals surface area contributed by atoms with Crippen molar-refractivity contribution in [2.75, 3.05) is 37.7 Å². The minimum atomic E-state index is -0.602. The second kappa shape index (κ2) is 16.2. The first-order valence-electron chi connectivity index (χ1n) is 13.7. The SMILES string of the molecule is COc1ccc(N)c(NC2CC2)n1.COc1ccc([N+](=O)[O-])c(Cl)n1.COc1ccc([N+](=O)[O-])c(NC2CC2)n1.NC1CC1. The summed E-state index contributed by atoms with van der Waals surface area (Å²) in [6, 6.07) is 10.5. The number of rotatable bonds is 9. The molecule has 6 rings (SSSR count). The molecule has 6 N–H and O–H groups in total. The molecule has 0 aromatic carbocycles. The number of hydrogen-bond acceptors (Lipinski definition) is 14. The highest BCUT2D eigenvalue weighted by Crippen LogP contribution is 2.31. The van der Waals surface area contributed by atoms with Gasteiger partial charge < -0.3 is 36.3 Å². The number of halogens is 1. The number of anilines is 3. The van der Waals surface area contributed by atoms with Crippen molar-refractivity contribution < 1.29 is 24.1 Å². The number of nitrogens with two attached hydrogens (primary N) is 2. The Kier molecular flexibility index (Phi) is 12.5. The van der Waals surface area contributed by atoms with Gasteiger partial charge in [-0.1, -0.05) is 11.6 Å². The average Bonchev–Trinajstić information content (AvgIpc) is 3.85. The zero-order valence-corrected chi connectivity index (χ0v) is 25.3. The summed E-state index contributed by atoms with van der Waals surface area (Å²) >= 11 is 5.47. The van der Waals surface area contributed by atoms with Crippen molar-refractivity contribution in [2.45, 2.75) is 56.7 Å². The van der Waals surface area contributed by atoms with Gasteiger partial charge in [0, 0.05) is 48.5 Å². The van der Waals surface area contributed by atoms with Crippen molar-refractivity contribution >= 4 is 40.3 Å². The van der Waals surface area contributed by atoms with Crippen LogP contribution in [0.25, 0.3) is 0 Å². The summed E-state index contributed by atoms with van der Waals surface area (Å²) in [4.78, 5) is 31.8. The maximum absolute atomic E-state index is 10.7. The number of methoxy groups -OCH3 is 3. The van der Waals surface area contributed by atoms with E-state index in [9.17, 15) is 20.2 Å². The molecule has 238 valence electrons. The van der Waals surface area contributed by atoms with Crippen LogP contribution in [0.4, 0.5) is 28.7 Å². The smallest absolute Gasteiger partial charge is 0.311 e. The number of ether oxygens (including phenoxy) is 3. The molecule has 0 atom stereocenters. The average molecular weight is 634 g/mol. The summed E-state index contributed by atoms with van der Waals surface area (Å²) in [5, 5.41) is 27.1. The first kappa shape index (κ1) is 33.8. The molecule has 0 unspecified atom stereocenters. The van der Waals surface area contributed by atoms with Gasteiger partial charge in [0.2, 0.25) is 28.6 Å². The zero-order chi connectivity index (χ0) is 32.2. The van der Waals surface area contributed by atoms with E-state index in [0.29, 0.717) is 41.4 Å². The number of hydrogen-bond donors (Lipinski definition) is 4. The Morgan fingerprint density at radius 1 is 0.727 bits per heavy atom. The Morgan fingerprint density at radius 2 is 1.14 bits per heavy atom. The van der Waals surface area contributed by atoms with Crippen molar-refractivity contribution in [1.29, 1.82) is 0 Å². The fourth-order valence-corrected chi connectivity index (χ4v) is 3.30. The predicted octanol–water partition coefficient (Wildman–Crippen LogP) is 4.58. The lowest BCUT2D eigenvalue weighted by Crippen LogP contribution is -2.06. The van der Waals surface area contributed by atoms with E-state index in [-0.39, 0.29) is 22.4 Å². The molecule has 0 amide bonds. The van der Waals surface area contributed by atoms with Crippen LogP contribution in [-0.4, -0.2) is 64.3 Å². The van der Waals surface area contributed by atoms with Gasteiger partial charge in [-0.3, -0.25) is 20.2 Å². The molecule has 0 saturated heterocycles. The number of nitrogens with one attached hydrogen (secondary N) is 2. The molecule has 0 radical (unpaired) electrons. The van der Waals surface area contributed by atoms with E-state index in [0.717, 1.165) is 18.7 Å². The largest absolute Gasteiger partial charge is 0.481 e. The fourth-order valence-electron chi connectivity index (χ4n) is 3.08. The molecule has 3 aliphatic rings. The molecule has 0 aliphatic heterocycles. The van der Waals surface area contributed by atoms with Crippen LogP contribution in [0.5, 0.6) is 17.6 Å². The summed E-state index contributed by atoms with van der Waals surface area (Å²) in [6.45, 7) is 0.